The number of nitrogens with zero attached hydrogens (tertiary/aromatic N) is 4. The van der Waals surface area contributed by atoms with E-state index in [0.29, 0.717) is 0 Å². The van der Waals surface area contributed by atoms with E-state index in [1.54, 1.807) is 40.8 Å². The fraction of sp³-hybridized carbons (Fsp3) is 0.286. The van der Waals surface area contributed by atoms with Gasteiger partial charge >= 0.3 is 6.03 Å². The Hall–Kier alpha value is -2.87. The van der Waals surface area contributed by atoms with Crippen molar-refractivity contribution in [3.05, 3.63) is 72.1 Å². The van der Waals surface area contributed by atoms with Crippen LogP contribution in [0, 0.1) is 5.82 Å². The summed E-state index contributed by atoms with van der Waals surface area (Å²) in [5, 5.41) is 7.19. The highest BCUT2D eigenvalue weighted by molar-refractivity contribution is 7.99. The molecule has 4 rings (SSSR count). The van der Waals surface area contributed by atoms with Crippen molar-refractivity contribution in [2.45, 2.75) is 30.3 Å². The number of aromatic nitrogens is 3. The second-order valence-electron chi connectivity index (χ2n) is 7.04. The molecular formula is C21H22FN5OS. The lowest BCUT2D eigenvalue weighted by Gasteiger charge is -2.31. The lowest BCUT2D eigenvalue weighted by molar-refractivity contribution is 0.189. The summed E-state index contributed by atoms with van der Waals surface area (Å²) in [5.74, 6) is 0.617. The van der Waals surface area contributed by atoms with Gasteiger partial charge in [-0.1, -0.05) is 12.1 Å². The number of benzene rings is 2. The van der Waals surface area contributed by atoms with Gasteiger partial charge in [0.2, 0.25) is 0 Å². The van der Waals surface area contributed by atoms with Crippen molar-refractivity contribution in [1.29, 1.82) is 0 Å². The van der Waals surface area contributed by atoms with Crippen LogP contribution in [-0.2, 0) is 0 Å². The van der Waals surface area contributed by atoms with Crippen LogP contribution in [-0.4, -0.2) is 38.5 Å². The first-order chi connectivity index (χ1) is 14.0. The molecule has 0 aliphatic carbocycles. The molecule has 150 valence electrons. The van der Waals surface area contributed by atoms with Crippen LogP contribution in [0.5, 0.6) is 0 Å². The van der Waals surface area contributed by atoms with E-state index in [0.717, 1.165) is 33.9 Å². The normalized spacial score (nSPS) is 16.7. The molecule has 8 heteroatoms. The minimum absolute atomic E-state index is 0.121. The summed E-state index contributed by atoms with van der Waals surface area (Å²) in [4.78, 5) is 19.5. The number of hydrogen-bond acceptors (Lipinski definition) is 4. The number of urea groups is 1. The second-order valence-corrected chi connectivity index (χ2v) is 8.18. The van der Waals surface area contributed by atoms with Gasteiger partial charge < -0.3 is 10.2 Å². The first-order valence-corrected chi connectivity index (χ1v) is 10.4. The van der Waals surface area contributed by atoms with Crippen LogP contribution in [0.2, 0.25) is 0 Å². The summed E-state index contributed by atoms with van der Waals surface area (Å²) in [6.07, 6.45) is 3.91. The Morgan fingerprint density at radius 1 is 1.31 bits per heavy atom. The molecule has 1 aliphatic rings. The van der Waals surface area contributed by atoms with Crippen LogP contribution in [0.4, 0.5) is 9.18 Å². The van der Waals surface area contributed by atoms with Crippen LogP contribution >= 0.6 is 11.8 Å². The van der Waals surface area contributed by atoms with Crippen molar-refractivity contribution in [3.8, 4) is 5.69 Å². The summed E-state index contributed by atoms with van der Waals surface area (Å²) < 4.78 is 15.4. The van der Waals surface area contributed by atoms with Gasteiger partial charge in [0.15, 0.2) is 0 Å². The lowest BCUT2D eigenvalue weighted by atomic mass is 10.0. The van der Waals surface area contributed by atoms with E-state index >= 15 is 0 Å². The fourth-order valence-corrected chi connectivity index (χ4v) is 4.52. The third-order valence-corrected chi connectivity index (χ3v) is 6.39. The Balaban J connectivity index is 1.45. The molecule has 0 saturated heterocycles. The smallest absolute Gasteiger partial charge is 0.318 e. The average Bonchev–Trinajstić information content (AvgIpc) is 3.28. The standard InChI is InChI=1S/C21H22FN5OS/c1-14(15-3-6-17(7-4-15)27-13-23-12-24-27)26(2)21(28)25-19-9-10-29-20-8-5-16(22)11-18(19)20/h3-8,11-14,19H,9-10H2,1-2H3,(H,25,28). The van der Waals surface area contributed by atoms with E-state index in [-0.39, 0.29) is 23.9 Å². The van der Waals surface area contributed by atoms with E-state index < -0.39 is 0 Å². The Kier molecular flexibility index (Phi) is 5.53. The van der Waals surface area contributed by atoms with E-state index in [1.165, 1.54) is 18.5 Å². The number of hydrogen-bond donors (Lipinski definition) is 1. The molecule has 29 heavy (non-hydrogen) atoms. The van der Waals surface area contributed by atoms with Gasteiger partial charge in [-0.3, -0.25) is 0 Å². The van der Waals surface area contributed by atoms with Crippen molar-refractivity contribution in [2.75, 3.05) is 12.8 Å². The van der Waals surface area contributed by atoms with Gasteiger partial charge in [0.05, 0.1) is 17.8 Å². The molecule has 2 aromatic carbocycles. The number of carbonyl (C=O) groups excluding carboxylic acids is 1. The Morgan fingerprint density at radius 3 is 2.83 bits per heavy atom. The zero-order valence-corrected chi connectivity index (χ0v) is 17.1. The van der Waals surface area contributed by atoms with Crippen molar-refractivity contribution < 1.29 is 9.18 Å². The molecule has 1 aliphatic heterocycles. The third-order valence-electron chi connectivity index (χ3n) is 5.27. The first kappa shape index (κ1) is 19.4. The number of thioether (sulfide) groups is 1. The molecule has 0 fully saturated rings. The van der Waals surface area contributed by atoms with Gasteiger partial charge in [0.25, 0.3) is 0 Å². The van der Waals surface area contributed by atoms with Crippen LogP contribution in [0.3, 0.4) is 0 Å². The summed E-state index contributed by atoms with van der Waals surface area (Å²) in [6, 6.07) is 12.2. The van der Waals surface area contributed by atoms with Gasteiger partial charge in [-0.05, 0) is 54.8 Å². The Bertz CT molecular complexity index is 993. The van der Waals surface area contributed by atoms with E-state index in [2.05, 4.69) is 15.4 Å². The molecular weight excluding hydrogens is 389 g/mol. The number of halogens is 1. The molecule has 0 spiro atoms. The van der Waals surface area contributed by atoms with Gasteiger partial charge in [-0.2, -0.15) is 5.10 Å². The third kappa shape index (κ3) is 4.12. The van der Waals surface area contributed by atoms with Crippen LogP contribution in [0.15, 0.2) is 60.0 Å². The van der Waals surface area contributed by atoms with Crippen molar-refractivity contribution in [3.63, 3.8) is 0 Å². The van der Waals surface area contributed by atoms with Gasteiger partial charge in [0, 0.05) is 17.7 Å². The molecule has 0 bridgehead atoms. The lowest BCUT2D eigenvalue weighted by Crippen LogP contribution is -2.41. The number of carbonyl (C=O) groups is 1. The molecule has 2 heterocycles. The largest absolute Gasteiger partial charge is 0.331 e. The van der Waals surface area contributed by atoms with Gasteiger partial charge in [0.1, 0.15) is 18.5 Å². The van der Waals surface area contributed by atoms with Gasteiger partial charge in [-0.25, -0.2) is 18.9 Å². The molecule has 2 unspecified atom stereocenters. The Morgan fingerprint density at radius 2 is 2.10 bits per heavy atom. The highest BCUT2D eigenvalue weighted by Gasteiger charge is 2.25. The van der Waals surface area contributed by atoms with Crippen molar-refractivity contribution in [2.24, 2.45) is 0 Å². The number of rotatable bonds is 4. The molecule has 1 N–H and O–H groups in total. The number of fused-ring (bicyclic) bond motifs is 1. The maximum Gasteiger partial charge on any atom is 0.318 e. The minimum Gasteiger partial charge on any atom is -0.331 e. The van der Waals surface area contributed by atoms with E-state index in [4.69, 9.17) is 0 Å². The zero-order valence-electron chi connectivity index (χ0n) is 16.2. The maximum atomic E-state index is 13.7. The number of nitrogens with one attached hydrogen (secondary N) is 1. The monoisotopic (exact) mass is 411 g/mol. The Labute approximate surface area is 173 Å². The summed E-state index contributed by atoms with van der Waals surface area (Å²) in [5.41, 5.74) is 2.77. The van der Waals surface area contributed by atoms with E-state index in [9.17, 15) is 9.18 Å². The highest BCUT2D eigenvalue weighted by Crippen LogP contribution is 2.36. The molecule has 2 amide bonds. The average molecular weight is 412 g/mol. The maximum absolute atomic E-state index is 13.7. The highest BCUT2D eigenvalue weighted by atomic mass is 32.2. The zero-order chi connectivity index (χ0) is 20.4. The molecule has 0 radical (unpaired) electrons. The molecule has 2 atom stereocenters. The predicted molar refractivity (Wildman–Crippen MR) is 111 cm³/mol. The predicted octanol–water partition coefficient (Wildman–Crippen LogP) is 4.35. The topological polar surface area (TPSA) is 63.1 Å². The fourth-order valence-electron chi connectivity index (χ4n) is 3.41. The van der Waals surface area contributed by atoms with Crippen LogP contribution in [0.1, 0.15) is 36.6 Å². The van der Waals surface area contributed by atoms with Crippen LogP contribution < -0.4 is 5.32 Å². The van der Waals surface area contributed by atoms with Gasteiger partial charge in [-0.15, -0.1) is 11.8 Å². The minimum atomic E-state index is -0.278. The van der Waals surface area contributed by atoms with Crippen molar-refractivity contribution >= 4 is 17.8 Å². The van der Waals surface area contributed by atoms with Crippen molar-refractivity contribution in [1.82, 2.24) is 25.0 Å². The summed E-state index contributed by atoms with van der Waals surface area (Å²) in [6.45, 7) is 1.98. The van der Waals surface area contributed by atoms with Crippen LogP contribution in [0.25, 0.3) is 5.69 Å². The molecule has 1 aromatic heterocycles. The number of amides is 2. The molecule has 0 saturated carbocycles. The quantitative estimate of drug-likeness (QED) is 0.693. The second kappa shape index (κ2) is 8.24. The summed E-state index contributed by atoms with van der Waals surface area (Å²) >= 11 is 1.70. The van der Waals surface area contributed by atoms with E-state index in [1.807, 2.05) is 31.2 Å². The SMILES string of the molecule is CC(c1ccc(-n2cncn2)cc1)N(C)C(=O)NC1CCSc2ccc(F)cc21. The molecule has 6 nitrogen and oxygen atoms in total. The molecule has 3 aromatic rings. The summed E-state index contributed by atoms with van der Waals surface area (Å²) in [7, 11) is 1.77. The first-order valence-electron chi connectivity index (χ1n) is 9.43.